The molecule has 1 amide bonds. The fourth-order valence-electron chi connectivity index (χ4n) is 2.59. The minimum atomic E-state index is -0.763. The number of nitrogens with two attached hydrogens (primary N) is 1. The van der Waals surface area contributed by atoms with Gasteiger partial charge in [0, 0.05) is 6.54 Å². The molecule has 8 nitrogen and oxygen atoms in total. The molecule has 2 N–H and O–H groups in total. The quantitative estimate of drug-likeness (QED) is 0.896. The maximum Gasteiger partial charge on any atom is 0.290 e. The van der Waals surface area contributed by atoms with Gasteiger partial charge < -0.3 is 15.2 Å². The minimum absolute atomic E-state index is 0.181. The normalized spacial score (nSPS) is 17.9. The van der Waals surface area contributed by atoms with Crippen LogP contribution < -0.4 is 10.6 Å². The lowest BCUT2D eigenvalue weighted by atomic mass is 10.2. The lowest BCUT2D eigenvalue weighted by Crippen LogP contribution is -2.26. The molecule has 1 saturated heterocycles. The molecule has 1 aliphatic heterocycles. The zero-order chi connectivity index (χ0) is 15.7. The molecule has 0 aliphatic carbocycles. The molecule has 2 aromatic heterocycles. The summed E-state index contributed by atoms with van der Waals surface area (Å²) < 4.78 is 19.5. The van der Waals surface area contributed by atoms with Crippen LogP contribution in [-0.2, 0) is 6.42 Å². The molecule has 116 valence electrons. The van der Waals surface area contributed by atoms with E-state index in [2.05, 4.69) is 20.1 Å². The average molecular weight is 306 g/mol. The van der Waals surface area contributed by atoms with Crippen molar-refractivity contribution in [3.05, 3.63) is 29.6 Å². The molecule has 0 aromatic carbocycles. The van der Waals surface area contributed by atoms with Crippen molar-refractivity contribution in [3.8, 4) is 0 Å². The number of rotatable bonds is 4. The summed E-state index contributed by atoms with van der Waals surface area (Å²) in [7, 11) is 0. The molecule has 2 aromatic rings. The highest BCUT2D eigenvalue weighted by Gasteiger charge is 2.34. The van der Waals surface area contributed by atoms with Crippen molar-refractivity contribution in [2.45, 2.75) is 32.2 Å². The summed E-state index contributed by atoms with van der Waals surface area (Å²) in [4.78, 5) is 24.8. The number of aromatic nitrogens is 4. The maximum absolute atomic E-state index is 14.4. The third kappa shape index (κ3) is 2.38. The number of hydrogen-bond donors (Lipinski definition) is 1. The Morgan fingerprint density at radius 1 is 1.55 bits per heavy atom. The first-order chi connectivity index (χ1) is 10.6. The van der Waals surface area contributed by atoms with Crippen LogP contribution in [0.4, 0.5) is 10.2 Å². The van der Waals surface area contributed by atoms with Crippen molar-refractivity contribution in [2.75, 3.05) is 11.4 Å². The third-order valence-electron chi connectivity index (χ3n) is 3.65. The molecular weight excluding hydrogens is 291 g/mol. The highest BCUT2D eigenvalue weighted by molar-refractivity contribution is 5.88. The number of halogens is 1. The van der Waals surface area contributed by atoms with Crippen LogP contribution in [0.5, 0.6) is 0 Å². The van der Waals surface area contributed by atoms with Gasteiger partial charge in [0.15, 0.2) is 11.6 Å². The molecule has 1 fully saturated rings. The number of carbonyl (C=O) groups is 1. The Bertz CT molecular complexity index is 704. The number of aryl methyl sites for hydroxylation is 1. The van der Waals surface area contributed by atoms with Gasteiger partial charge in [0.25, 0.3) is 11.7 Å². The molecular formula is C13H15FN6O2. The fraction of sp³-hybridized carbons (Fsp3) is 0.462. The van der Waals surface area contributed by atoms with E-state index < -0.39 is 11.7 Å². The predicted octanol–water partition coefficient (Wildman–Crippen LogP) is 1.00. The lowest BCUT2D eigenvalue weighted by Gasteiger charge is -2.23. The zero-order valence-corrected chi connectivity index (χ0v) is 12.0. The van der Waals surface area contributed by atoms with Crippen LogP contribution in [0.1, 0.15) is 48.0 Å². The van der Waals surface area contributed by atoms with E-state index in [1.807, 2.05) is 6.92 Å². The monoisotopic (exact) mass is 306 g/mol. The van der Waals surface area contributed by atoms with Gasteiger partial charge in [0.2, 0.25) is 5.89 Å². The van der Waals surface area contributed by atoms with Crippen molar-refractivity contribution in [1.29, 1.82) is 0 Å². The van der Waals surface area contributed by atoms with Crippen LogP contribution in [0, 0.1) is 5.82 Å². The molecule has 22 heavy (non-hydrogen) atoms. The molecule has 0 bridgehead atoms. The number of amides is 1. The van der Waals surface area contributed by atoms with Crippen LogP contribution in [0.25, 0.3) is 0 Å². The third-order valence-corrected chi connectivity index (χ3v) is 3.65. The Morgan fingerprint density at radius 2 is 2.36 bits per heavy atom. The van der Waals surface area contributed by atoms with Crippen molar-refractivity contribution in [3.63, 3.8) is 0 Å². The van der Waals surface area contributed by atoms with E-state index >= 15 is 0 Å². The Balaban J connectivity index is 1.94. The molecule has 0 radical (unpaired) electrons. The molecule has 9 heteroatoms. The lowest BCUT2D eigenvalue weighted by molar-refractivity contribution is 0.0987. The van der Waals surface area contributed by atoms with Gasteiger partial charge in [0.05, 0.1) is 5.69 Å². The van der Waals surface area contributed by atoms with E-state index in [1.165, 1.54) is 6.33 Å². The fourth-order valence-corrected chi connectivity index (χ4v) is 2.59. The first kappa shape index (κ1) is 14.4. The Hall–Kier alpha value is -2.58. The average Bonchev–Trinajstić information content (AvgIpc) is 3.16. The van der Waals surface area contributed by atoms with E-state index in [4.69, 9.17) is 10.3 Å². The molecule has 0 saturated carbocycles. The minimum Gasteiger partial charge on any atom is -0.363 e. The van der Waals surface area contributed by atoms with E-state index in [0.29, 0.717) is 25.1 Å². The molecule has 0 unspecified atom stereocenters. The van der Waals surface area contributed by atoms with E-state index in [0.717, 1.165) is 6.42 Å². The van der Waals surface area contributed by atoms with Gasteiger partial charge in [-0.25, -0.2) is 14.4 Å². The largest absolute Gasteiger partial charge is 0.363 e. The summed E-state index contributed by atoms with van der Waals surface area (Å²) in [6, 6.07) is -0.324. The van der Waals surface area contributed by atoms with Gasteiger partial charge in [0.1, 0.15) is 12.4 Å². The standard InChI is InChI=1S/C13H15FN6O2/c1-2-7-9(14)12(17-6-16-7)20-5-3-4-8(20)13-18-11(10(15)21)19-22-13/h6,8H,2-5H2,1H3,(H2,15,21)/t8-/m1/s1. The maximum atomic E-state index is 14.4. The van der Waals surface area contributed by atoms with Crippen molar-refractivity contribution >= 4 is 11.7 Å². The van der Waals surface area contributed by atoms with Crippen molar-refractivity contribution in [1.82, 2.24) is 20.1 Å². The molecule has 3 rings (SSSR count). The second-order valence-corrected chi connectivity index (χ2v) is 4.98. The Morgan fingerprint density at radius 3 is 3.05 bits per heavy atom. The van der Waals surface area contributed by atoms with Gasteiger partial charge in [-0.3, -0.25) is 4.79 Å². The van der Waals surface area contributed by atoms with Gasteiger partial charge in [-0.1, -0.05) is 12.1 Å². The summed E-state index contributed by atoms with van der Waals surface area (Å²) in [5.41, 5.74) is 5.48. The highest BCUT2D eigenvalue weighted by atomic mass is 19.1. The van der Waals surface area contributed by atoms with E-state index in [9.17, 15) is 9.18 Å². The van der Waals surface area contributed by atoms with Gasteiger partial charge in [-0.2, -0.15) is 4.98 Å². The van der Waals surface area contributed by atoms with E-state index in [-0.39, 0.29) is 23.6 Å². The number of hydrogen-bond acceptors (Lipinski definition) is 7. The van der Waals surface area contributed by atoms with Crippen LogP contribution in [0.3, 0.4) is 0 Å². The molecule has 1 aliphatic rings. The summed E-state index contributed by atoms with van der Waals surface area (Å²) in [5.74, 6) is -0.928. The first-order valence-corrected chi connectivity index (χ1v) is 7.01. The van der Waals surface area contributed by atoms with Crippen LogP contribution in [-0.4, -0.2) is 32.6 Å². The highest BCUT2D eigenvalue weighted by Crippen LogP contribution is 2.35. The molecule has 0 spiro atoms. The predicted molar refractivity (Wildman–Crippen MR) is 73.5 cm³/mol. The second-order valence-electron chi connectivity index (χ2n) is 4.98. The van der Waals surface area contributed by atoms with Crippen molar-refractivity contribution < 1.29 is 13.7 Å². The summed E-state index contributed by atoms with van der Waals surface area (Å²) in [5, 5.41) is 3.53. The van der Waals surface area contributed by atoms with Crippen molar-refractivity contribution in [2.24, 2.45) is 5.73 Å². The number of anilines is 1. The van der Waals surface area contributed by atoms with Crippen LogP contribution in [0.2, 0.25) is 0 Å². The van der Waals surface area contributed by atoms with Gasteiger partial charge >= 0.3 is 0 Å². The summed E-state index contributed by atoms with van der Waals surface area (Å²) in [6.45, 7) is 2.43. The topological polar surface area (TPSA) is 111 Å². The SMILES string of the molecule is CCc1ncnc(N2CCC[C@@H]2c2nc(C(N)=O)no2)c1F. The van der Waals surface area contributed by atoms with Gasteiger partial charge in [-0.05, 0) is 19.3 Å². The van der Waals surface area contributed by atoms with Crippen LogP contribution in [0.15, 0.2) is 10.9 Å². The Labute approximate surface area is 125 Å². The molecule has 3 heterocycles. The number of primary amides is 1. The summed E-state index contributed by atoms with van der Waals surface area (Å²) >= 11 is 0. The summed E-state index contributed by atoms with van der Waals surface area (Å²) in [6.07, 6.45) is 3.34. The Kier molecular flexibility index (Phi) is 3.70. The van der Waals surface area contributed by atoms with Gasteiger partial charge in [-0.15, -0.1) is 0 Å². The van der Waals surface area contributed by atoms with E-state index in [1.54, 1.807) is 4.90 Å². The van der Waals surface area contributed by atoms with Crippen LogP contribution >= 0.6 is 0 Å². The first-order valence-electron chi connectivity index (χ1n) is 7.01. The smallest absolute Gasteiger partial charge is 0.290 e. The molecule has 1 atom stereocenters. The second kappa shape index (κ2) is 5.66. The zero-order valence-electron chi connectivity index (χ0n) is 12.0. The number of carbonyl (C=O) groups excluding carboxylic acids is 1. The number of nitrogens with zero attached hydrogens (tertiary/aromatic N) is 5.